The normalized spacial score (nSPS) is 23.3. The van der Waals surface area contributed by atoms with Crippen LogP contribution in [0.5, 0.6) is 5.75 Å². The summed E-state index contributed by atoms with van der Waals surface area (Å²) in [6, 6.07) is 13.5. The fourth-order valence-corrected chi connectivity index (χ4v) is 4.54. The smallest absolute Gasteiger partial charge is 0.243 e. The van der Waals surface area contributed by atoms with Crippen LogP contribution in [0.25, 0.3) is 0 Å². The Hall–Kier alpha value is -1.89. The number of likely N-dealkylation sites (N-methyl/N-ethyl adjacent to an activating group) is 1. The predicted molar refractivity (Wildman–Crippen MR) is 86.8 cm³/mol. The van der Waals surface area contributed by atoms with Crippen LogP contribution in [0.4, 0.5) is 0 Å². The van der Waals surface area contributed by atoms with Gasteiger partial charge in [0.2, 0.25) is 10.0 Å². The van der Waals surface area contributed by atoms with Crippen LogP contribution in [0.2, 0.25) is 0 Å². The third-order valence-electron chi connectivity index (χ3n) is 4.33. The highest BCUT2D eigenvalue weighted by atomic mass is 32.2. The zero-order valence-corrected chi connectivity index (χ0v) is 13.8. The highest BCUT2D eigenvalue weighted by Crippen LogP contribution is 2.36. The number of aliphatic hydroxyl groups excluding tert-OH is 1. The third-order valence-corrected chi connectivity index (χ3v) is 6.29. The van der Waals surface area contributed by atoms with Crippen molar-refractivity contribution in [1.29, 1.82) is 0 Å². The van der Waals surface area contributed by atoms with Crippen LogP contribution >= 0.6 is 0 Å². The van der Waals surface area contributed by atoms with Crippen molar-refractivity contribution in [3.63, 3.8) is 0 Å². The largest absolute Gasteiger partial charge is 0.497 e. The van der Waals surface area contributed by atoms with Crippen LogP contribution in [-0.4, -0.2) is 38.0 Å². The number of aliphatic hydroxyl groups is 1. The summed E-state index contributed by atoms with van der Waals surface area (Å²) in [5, 5.41) is 10.7. The number of hydrogen-bond donors (Lipinski definition) is 1. The van der Waals surface area contributed by atoms with E-state index in [1.807, 2.05) is 24.3 Å². The monoisotopic (exact) mass is 333 g/mol. The second kappa shape index (κ2) is 5.96. The van der Waals surface area contributed by atoms with Crippen LogP contribution in [0, 0.1) is 0 Å². The molecule has 1 N–H and O–H groups in total. The summed E-state index contributed by atoms with van der Waals surface area (Å²) in [7, 11) is -0.476. The second-order valence-corrected chi connectivity index (χ2v) is 7.59. The first-order valence-corrected chi connectivity index (χ1v) is 8.77. The summed E-state index contributed by atoms with van der Waals surface area (Å²) in [4.78, 5) is 0.181. The molecular formula is C17H19NO4S. The SMILES string of the molecule is COc1ccc(C[C@@H]2[C@H](O)c3ccccc3S(=O)(=O)N2C)cc1. The Morgan fingerprint density at radius 2 is 1.78 bits per heavy atom. The first-order valence-electron chi connectivity index (χ1n) is 7.33. The average molecular weight is 333 g/mol. The minimum atomic E-state index is -3.59. The van der Waals surface area contributed by atoms with E-state index < -0.39 is 22.2 Å². The maximum absolute atomic E-state index is 12.6. The summed E-state index contributed by atoms with van der Waals surface area (Å²) in [5.41, 5.74) is 1.40. The molecule has 1 aliphatic rings. The minimum Gasteiger partial charge on any atom is -0.497 e. The molecule has 2 aromatic rings. The number of fused-ring (bicyclic) bond motifs is 1. The van der Waals surface area contributed by atoms with Crippen molar-refractivity contribution in [2.45, 2.75) is 23.5 Å². The molecule has 0 aliphatic carbocycles. The standard InChI is InChI=1S/C17H19NO4S/c1-18-15(11-12-7-9-13(22-2)10-8-12)17(19)14-5-3-4-6-16(14)23(18,20)21/h3-10,15,17,19H,11H2,1-2H3/t15-,17-/m1/s1. The van der Waals surface area contributed by atoms with Gasteiger partial charge in [-0.05, 0) is 30.2 Å². The van der Waals surface area contributed by atoms with E-state index >= 15 is 0 Å². The lowest BCUT2D eigenvalue weighted by Gasteiger charge is -2.37. The number of sulfonamides is 1. The van der Waals surface area contributed by atoms with E-state index in [4.69, 9.17) is 4.74 Å². The number of ether oxygens (including phenoxy) is 1. The molecule has 0 bridgehead atoms. The summed E-state index contributed by atoms with van der Waals surface area (Å²) in [6.07, 6.45) is -0.434. The van der Waals surface area contributed by atoms with Crippen molar-refractivity contribution >= 4 is 10.0 Å². The molecule has 0 amide bonds. The van der Waals surface area contributed by atoms with Gasteiger partial charge in [-0.15, -0.1) is 0 Å². The Bertz CT molecular complexity index is 802. The zero-order chi connectivity index (χ0) is 16.6. The molecule has 23 heavy (non-hydrogen) atoms. The van der Waals surface area contributed by atoms with Gasteiger partial charge in [0, 0.05) is 12.6 Å². The van der Waals surface area contributed by atoms with Crippen LogP contribution in [-0.2, 0) is 16.4 Å². The first kappa shape index (κ1) is 16.0. The molecule has 5 nitrogen and oxygen atoms in total. The maximum atomic E-state index is 12.6. The Labute approximate surface area is 136 Å². The lowest BCUT2D eigenvalue weighted by Crippen LogP contribution is -2.46. The molecule has 1 heterocycles. The Morgan fingerprint density at radius 3 is 2.43 bits per heavy atom. The Kier molecular flexibility index (Phi) is 4.14. The number of rotatable bonds is 3. The van der Waals surface area contributed by atoms with E-state index in [-0.39, 0.29) is 4.90 Å². The number of nitrogens with zero attached hydrogens (tertiary/aromatic N) is 1. The van der Waals surface area contributed by atoms with Crippen molar-refractivity contribution < 1.29 is 18.3 Å². The molecule has 0 aromatic heterocycles. The molecule has 6 heteroatoms. The Morgan fingerprint density at radius 1 is 1.13 bits per heavy atom. The van der Waals surface area contributed by atoms with Gasteiger partial charge in [-0.2, -0.15) is 4.31 Å². The number of benzene rings is 2. The molecule has 0 saturated carbocycles. The van der Waals surface area contributed by atoms with Crippen molar-refractivity contribution in [2.75, 3.05) is 14.2 Å². The average Bonchev–Trinajstić information content (AvgIpc) is 2.58. The molecule has 0 unspecified atom stereocenters. The molecule has 122 valence electrons. The lowest BCUT2D eigenvalue weighted by atomic mass is 9.96. The van der Waals surface area contributed by atoms with Crippen LogP contribution < -0.4 is 4.74 Å². The maximum Gasteiger partial charge on any atom is 0.243 e. The number of methoxy groups -OCH3 is 1. The highest BCUT2D eigenvalue weighted by molar-refractivity contribution is 7.89. The Balaban J connectivity index is 1.96. The van der Waals surface area contributed by atoms with E-state index in [0.717, 1.165) is 11.3 Å². The predicted octanol–water partition coefficient (Wildman–Crippen LogP) is 1.97. The van der Waals surface area contributed by atoms with Crippen LogP contribution in [0.1, 0.15) is 17.2 Å². The molecule has 0 saturated heterocycles. The van der Waals surface area contributed by atoms with Crippen LogP contribution in [0.3, 0.4) is 0 Å². The molecular weight excluding hydrogens is 314 g/mol. The van der Waals surface area contributed by atoms with E-state index in [0.29, 0.717) is 12.0 Å². The summed E-state index contributed by atoms with van der Waals surface area (Å²) in [5.74, 6) is 0.740. The van der Waals surface area contributed by atoms with E-state index in [2.05, 4.69) is 0 Å². The minimum absolute atomic E-state index is 0.181. The van der Waals surface area contributed by atoms with E-state index in [9.17, 15) is 13.5 Å². The van der Waals surface area contributed by atoms with Gasteiger partial charge < -0.3 is 9.84 Å². The van der Waals surface area contributed by atoms with Gasteiger partial charge in [-0.25, -0.2) is 8.42 Å². The second-order valence-electron chi connectivity index (χ2n) is 5.62. The van der Waals surface area contributed by atoms with Gasteiger partial charge in [0.05, 0.1) is 24.2 Å². The molecule has 0 radical (unpaired) electrons. The fourth-order valence-electron chi connectivity index (χ4n) is 2.94. The van der Waals surface area contributed by atoms with Crippen molar-refractivity contribution in [1.82, 2.24) is 4.31 Å². The number of hydrogen-bond acceptors (Lipinski definition) is 4. The van der Waals surface area contributed by atoms with Gasteiger partial charge in [0.15, 0.2) is 0 Å². The van der Waals surface area contributed by atoms with Gasteiger partial charge in [0.1, 0.15) is 5.75 Å². The quantitative estimate of drug-likeness (QED) is 0.933. The molecule has 0 fully saturated rings. The van der Waals surface area contributed by atoms with Gasteiger partial charge >= 0.3 is 0 Å². The van der Waals surface area contributed by atoms with E-state index in [1.54, 1.807) is 25.3 Å². The zero-order valence-electron chi connectivity index (χ0n) is 13.0. The van der Waals surface area contributed by atoms with Crippen molar-refractivity contribution in [3.05, 3.63) is 59.7 Å². The van der Waals surface area contributed by atoms with Crippen molar-refractivity contribution in [2.24, 2.45) is 0 Å². The molecule has 2 atom stereocenters. The molecule has 2 aromatic carbocycles. The molecule has 1 aliphatic heterocycles. The third kappa shape index (κ3) is 2.73. The van der Waals surface area contributed by atoms with Crippen molar-refractivity contribution in [3.8, 4) is 5.75 Å². The van der Waals surface area contributed by atoms with Gasteiger partial charge in [0.25, 0.3) is 0 Å². The molecule has 3 rings (SSSR count). The van der Waals surface area contributed by atoms with E-state index in [1.165, 1.54) is 17.4 Å². The summed E-state index contributed by atoms with van der Waals surface area (Å²) < 4.78 is 31.7. The molecule has 0 spiro atoms. The summed E-state index contributed by atoms with van der Waals surface area (Å²) >= 11 is 0. The van der Waals surface area contributed by atoms with Crippen LogP contribution in [0.15, 0.2) is 53.4 Å². The van der Waals surface area contributed by atoms with Gasteiger partial charge in [-0.1, -0.05) is 30.3 Å². The fraction of sp³-hybridized carbons (Fsp3) is 0.294. The lowest BCUT2D eigenvalue weighted by molar-refractivity contribution is 0.0892. The highest BCUT2D eigenvalue weighted by Gasteiger charge is 2.41. The summed E-state index contributed by atoms with van der Waals surface area (Å²) in [6.45, 7) is 0. The topological polar surface area (TPSA) is 66.8 Å². The van der Waals surface area contributed by atoms with Gasteiger partial charge in [-0.3, -0.25) is 0 Å². The first-order chi connectivity index (χ1) is 10.9.